The highest BCUT2D eigenvalue weighted by Crippen LogP contribution is 2.21. The van der Waals surface area contributed by atoms with Crippen molar-refractivity contribution in [2.24, 2.45) is 5.92 Å². The van der Waals surface area contributed by atoms with Crippen molar-refractivity contribution in [1.82, 2.24) is 20.3 Å². The third-order valence-electron chi connectivity index (χ3n) is 4.09. The first kappa shape index (κ1) is 14.1. The molecule has 0 bridgehead atoms. The molecule has 3 rings (SSSR count). The molecule has 0 atom stereocenters. The van der Waals surface area contributed by atoms with Gasteiger partial charge in [0.25, 0.3) is 0 Å². The lowest BCUT2D eigenvalue weighted by Gasteiger charge is -2.31. The summed E-state index contributed by atoms with van der Waals surface area (Å²) >= 11 is 0. The van der Waals surface area contributed by atoms with Crippen LogP contribution in [0.4, 0.5) is 5.82 Å². The number of nitrogens with one attached hydrogen (secondary N) is 2. The van der Waals surface area contributed by atoms with E-state index in [2.05, 4.69) is 44.2 Å². The van der Waals surface area contributed by atoms with Crippen LogP contribution >= 0.6 is 0 Å². The van der Waals surface area contributed by atoms with Crippen LogP contribution in [0, 0.1) is 5.92 Å². The van der Waals surface area contributed by atoms with E-state index in [0.717, 1.165) is 43.7 Å². The normalized spacial score (nSPS) is 16.3. The Morgan fingerprint density at radius 1 is 1.24 bits per heavy atom. The van der Waals surface area contributed by atoms with Gasteiger partial charge >= 0.3 is 0 Å². The first-order chi connectivity index (χ1) is 10.3. The van der Waals surface area contributed by atoms with E-state index < -0.39 is 0 Å². The second kappa shape index (κ2) is 6.72. The van der Waals surface area contributed by atoms with Crippen LogP contribution in [0.1, 0.15) is 31.2 Å². The number of nitrogens with zero attached hydrogens (tertiary/aromatic N) is 3. The van der Waals surface area contributed by atoms with Gasteiger partial charge in [-0.3, -0.25) is 0 Å². The number of rotatable bonds is 5. The summed E-state index contributed by atoms with van der Waals surface area (Å²) in [6.07, 6.45) is 8.13. The van der Waals surface area contributed by atoms with Gasteiger partial charge in [-0.05, 0) is 30.4 Å². The van der Waals surface area contributed by atoms with E-state index >= 15 is 0 Å². The molecule has 0 unspecified atom stereocenters. The Labute approximate surface area is 125 Å². The van der Waals surface area contributed by atoms with E-state index in [0.29, 0.717) is 0 Å². The van der Waals surface area contributed by atoms with Crippen LogP contribution in [0.5, 0.6) is 0 Å². The molecule has 3 heterocycles. The molecule has 21 heavy (non-hydrogen) atoms. The van der Waals surface area contributed by atoms with Gasteiger partial charge in [0.15, 0.2) is 0 Å². The van der Waals surface area contributed by atoms with Crippen LogP contribution in [0.15, 0.2) is 30.7 Å². The summed E-state index contributed by atoms with van der Waals surface area (Å²) in [6, 6.07) is 4.30. The molecule has 0 aromatic carbocycles. The zero-order valence-corrected chi connectivity index (χ0v) is 12.5. The minimum atomic E-state index is 0.749. The molecule has 2 N–H and O–H groups in total. The monoisotopic (exact) mass is 285 g/mol. The lowest BCUT2D eigenvalue weighted by Crippen LogP contribution is -2.33. The van der Waals surface area contributed by atoms with Crippen LogP contribution in [0.2, 0.25) is 0 Å². The summed E-state index contributed by atoms with van der Waals surface area (Å²) in [4.78, 5) is 14.3. The molecule has 5 nitrogen and oxygen atoms in total. The summed E-state index contributed by atoms with van der Waals surface area (Å²) < 4.78 is 0. The quantitative estimate of drug-likeness (QED) is 0.885. The summed E-state index contributed by atoms with van der Waals surface area (Å²) in [5.74, 6) is 2.92. The molecule has 1 saturated heterocycles. The molecule has 0 spiro atoms. The highest BCUT2D eigenvalue weighted by atomic mass is 15.2. The fraction of sp³-hybridized carbons (Fsp3) is 0.500. The first-order valence-corrected chi connectivity index (χ1v) is 7.70. The number of pyridine rings is 1. The molecule has 2 aromatic rings. The third-order valence-corrected chi connectivity index (χ3v) is 4.09. The predicted octanol–water partition coefficient (Wildman–Crippen LogP) is 2.33. The van der Waals surface area contributed by atoms with Crippen LogP contribution in [-0.4, -0.2) is 28.0 Å². The minimum Gasteiger partial charge on any atom is -0.357 e. The zero-order valence-electron chi connectivity index (χ0n) is 12.5. The van der Waals surface area contributed by atoms with Gasteiger partial charge in [0.1, 0.15) is 11.6 Å². The van der Waals surface area contributed by atoms with E-state index in [-0.39, 0.29) is 0 Å². The lowest BCUT2D eigenvalue weighted by atomic mass is 9.99. The van der Waals surface area contributed by atoms with Crippen LogP contribution in [0.25, 0.3) is 0 Å². The third kappa shape index (κ3) is 3.82. The van der Waals surface area contributed by atoms with Gasteiger partial charge in [-0.1, -0.05) is 13.0 Å². The lowest BCUT2D eigenvalue weighted by molar-refractivity contribution is 0.436. The second-order valence-corrected chi connectivity index (χ2v) is 5.83. The van der Waals surface area contributed by atoms with E-state index in [4.69, 9.17) is 0 Å². The Morgan fingerprint density at radius 3 is 2.76 bits per heavy atom. The average Bonchev–Trinajstić information content (AvgIpc) is 3.02. The number of piperidine rings is 1. The number of H-pyrrole nitrogens is 1. The van der Waals surface area contributed by atoms with Crippen molar-refractivity contribution in [1.29, 1.82) is 0 Å². The molecular formula is C16H23N5. The molecule has 1 aliphatic rings. The number of imidazole rings is 1. The topological polar surface area (TPSA) is 56.8 Å². The summed E-state index contributed by atoms with van der Waals surface area (Å²) in [6.45, 7) is 6.15. The van der Waals surface area contributed by atoms with E-state index in [9.17, 15) is 0 Å². The van der Waals surface area contributed by atoms with Crippen molar-refractivity contribution in [2.45, 2.75) is 32.9 Å². The standard InChI is InChI=1S/C16H23N5/c1-13-4-8-21(9-5-13)16-3-2-14(11-20-16)10-17-12-15-18-6-7-19-15/h2-3,6-7,11,13,17H,4-5,8-10,12H2,1H3,(H,18,19). The van der Waals surface area contributed by atoms with E-state index in [1.54, 1.807) is 6.20 Å². The summed E-state index contributed by atoms with van der Waals surface area (Å²) in [5.41, 5.74) is 1.20. The van der Waals surface area contributed by atoms with Gasteiger partial charge < -0.3 is 15.2 Å². The van der Waals surface area contributed by atoms with Crippen molar-refractivity contribution < 1.29 is 0 Å². The fourth-order valence-corrected chi connectivity index (χ4v) is 2.67. The maximum atomic E-state index is 4.61. The molecule has 0 radical (unpaired) electrons. The molecule has 5 heteroatoms. The van der Waals surface area contributed by atoms with Crippen molar-refractivity contribution >= 4 is 5.82 Å². The molecular weight excluding hydrogens is 262 g/mol. The fourth-order valence-electron chi connectivity index (χ4n) is 2.67. The second-order valence-electron chi connectivity index (χ2n) is 5.83. The van der Waals surface area contributed by atoms with Gasteiger partial charge in [-0.2, -0.15) is 0 Å². The Hall–Kier alpha value is -1.88. The molecule has 112 valence electrons. The summed E-state index contributed by atoms with van der Waals surface area (Å²) in [7, 11) is 0. The average molecular weight is 285 g/mol. The van der Waals surface area contributed by atoms with Crippen LogP contribution in [0.3, 0.4) is 0 Å². The molecule has 0 amide bonds. The molecule has 0 aliphatic carbocycles. The van der Waals surface area contributed by atoms with Gasteiger partial charge in [0, 0.05) is 38.2 Å². The first-order valence-electron chi connectivity index (χ1n) is 7.70. The SMILES string of the molecule is CC1CCN(c2ccc(CNCc3ncc[nH]3)cn2)CC1. The highest BCUT2D eigenvalue weighted by Gasteiger charge is 2.16. The predicted molar refractivity (Wildman–Crippen MR) is 84.0 cm³/mol. The van der Waals surface area contributed by atoms with Crippen molar-refractivity contribution in [2.75, 3.05) is 18.0 Å². The zero-order chi connectivity index (χ0) is 14.5. The van der Waals surface area contributed by atoms with Crippen molar-refractivity contribution in [3.8, 4) is 0 Å². The molecule has 2 aromatic heterocycles. The van der Waals surface area contributed by atoms with Gasteiger partial charge in [0.2, 0.25) is 0 Å². The maximum absolute atomic E-state index is 4.61. The Kier molecular flexibility index (Phi) is 4.50. The Morgan fingerprint density at radius 2 is 2.10 bits per heavy atom. The maximum Gasteiger partial charge on any atom is 0.128 e. The van der Waals surface area contributed by atoms with Gasteiger partial charge in [-0.15, -0.1) is 0 Å². The number of aromatic amines is 1. The number of hydrogen-bond donors (Lipinski definition) is 2. The highest BCUT2D eigenvalue weighted by molar-refractivity contribution is 5.39. The smallest absolute Gasteiger partial charge is 0.128 e. The minimum absolute atomic E-state index is 0.749. The molecule has 1 fully saturated rings. The van der Waals surface area contributed by atoms with Crippen molar-refractivity contribution in [3.05, 3.63) is 42.1 Å². The molecule has 0 saturated carbocycles. The summed E-state index contributed by atoms with van der Waals surface area (Å²) in [5, 5.41) is 3.36. The van der Waals surface area contributed by atoms with Crippen LogP contribution < -0.4 is 10.2 Å². The van der Waals surface area contributed by atoms with Gasteiger partial charge in [0.05, 0.1) is 6.54 Å². The Balaban J connectivity index is 1.49. The largest absolute Gasteiger partial charge is 0.357 e. The van der Waals surface area contributed by atoms with Crippen molar-refractivity contribution in [3.63, 3.8) is 0 Å². The number of anilines is 1. The Bertz CT molecular complexity index is 526. The van der Waals surface area contributed by atoms with Gasteiger partial charge in [-0.25, -0.2) is 9.97 Å². The molecule has 1 aliphatic heterocycles. The van der Waals surface area contributed by atoms with E-state index in [1.807, 2.05) is 12.4 Å². The van der Waals surface area contributed by atoms with Crippen LogP contribution in [-0.2, 0) is 13.1 Å². The number of hydrogen-bond acceptors (Lipinski definition) is 4. The number of aromatic nitrogens is 3. The van der Waals surface area contributed by atoms with E-state index in [1.165, 1.54) is 18.4 Å².